The first-order valence-electron chi connectivity index (χ1n) is 12.8. The summed E-state index contributed by atoms with van der Waals surface area (Å²) >= 11 is 7.32. The molecule has 0 N–H and O–H groups in total. The number of carbonyl (C=O) groups is 1. The zero-order chi connectivity index (χ0) is 25.4. The van der Waals surface area contributed by atoms with E-state index in [1.165, 1.54) is 23.7 Å². The molecule has 1 fully saturated rings. The molecule has 0 saturated heterocycles. The van der Waals surface area contributed by atoms with E-state index in [-0.39, 0.29) is 22.5 Å². The average molecular weight is 527 g/mol. The number of benzene rings is 3. The van der Waals surface area contributed by atoms with Gasteiger partial charge in [-0.3, -0.25) is 14.2 Å². The van der Waals surface area contributed by atoms with E-state index < -0.39 is 0 Å². The Kier molecular flexibility index (Phi) is 6.51. The Morgan fingerprint density at radius 2 is 1.62 bits per heavy atom. The topological polar surface area (TPSA) is 52.0 Å². The smallest absolute Gasteiger partial charge is 0.263 e. The van der Waals surface area contributed by atoms with Crippen LogP contribution in [0.2, 0.25) is 5.02 Å². The molecule has 0 amide bonds. The molecule has 1 spiro atoms. The highest BCUT2D eigenvalue weighted by Gasteiger charge is 2.43. The van der Waals surface area contributed by atoms with Gasteiger partial charge in [0.2, 0.25) is 0 Å². The van der Waals surface area contributed by atoms with Gasteiger partial charge in [-0.15, -0.1) is 0 Å². The summed E-state index contributed by atoms with van der Waals surface area (Å²) in [4.78, 5) is 32.7. The van der Waals surface area contributed by atoms with Gasteiger partial charge in [-0.2, -0.15) is 0 Å². The lowest BCUT2D eigenvalue weighted by Gasteiger charge is -2.42. The molecule has 0 aliphatic heterocycles. The van der Waals surface area contributed by atoms with Crippen LogP contribution in [0.1, 0.15) is 53.6 Å². The van der Waals surface area contributed by atoms with Crippen molar-refractivity contribution >= 4 is 29.1 Å². The van der Waals surface area contributed by atoms with Gasteiger partial charge < -0.3 is 0 Å². The average Bonchev–Trinajstić information content (AvgIpc) is 2.93. The van der Waals surface area contributed by atoms with Crippen molar-refractivity contribution in [2.24, 2.45) is 0 Å². The van der Waals surface area contributed by atoms with E-state index in [0.717, 1.165) is 54.6 Å². The van der Waals surface area contributed by atoms with Crippen molar-refractivity contribution in [2.45, 2.75) is 49.1 Å². The van der Waals surface area contributed by atoms with Gasteiger partial charge in [0.15, 0.2) is 10.9 Å². The molecule has 0 bridgehead atoms. The molecule has 1 aromatic heterocycles. The van der Waals surface area contributed by atoms with Crippen molar-refractivity contribution in [3.05, 3.63) is 111 Å². The van der Waals surface area contributed by atoms with Crippen LogP contribution in [0.25, 0.3) is 16.9 Å². The van der Waals surface area contributed by atoms with E-state index in [1.807, 2.05) is 36.4 Å². The van der Waals surface area contributed by atoms with Crippen LogP contribution in [0.5, 0.6) is 0 Å². The zero-order valence-corrected chi connectivity index (χ0v) is 22.0. The molecule has 2 aliphatic carbocycles. The van der Waals surface area contributed by atoms with Gasteiger partial charge in [0.1, 0.15) is 0 Å². The molecule has 37 heavy (non-hydrogen) atoms. The number of aromatic nitrogens is 2. The van der Waals surface area contributed by atoms with Crippen LogP contribution in [0.15, 0.2) is 88.8 Å². The summed E-state index contributed by atoms with van der Waals surface area (Å²) in [5.41, 5.74) is 5.11. The number of para-hydroxylation sites is 1. The Morgan fingerprint density at radius 1 is 0.919 bits per heavy atom. The number of thioether (sulfide) groups is 1. The van der Waals surface area contributed by atoms with Gasteiger partial charge in [0, 0.05) is 21.6 Å². The fraction of sp³-hybridized carbons (Fsp3) is 0.258. The highest BCUT2D eigenvalue weighted by atomic mass is 35.5. The normalized spacial score (nSPS) is 15.7. The highest BCUT2D eigenvalue weighted by molar-refractivity contribution is 7.99. The molecule has 0 radical (unpaired) electrons. The van der Waals surface area contributed by atoms with Crippen molar-refractivity contribution in [3.63, 3.8) is 0 Å². The number of fused-ring (bicyclic) bond motifs is 4. The lowest BCUT2D eigenvalue weighted by atomic mass is 9.62. The largest absolute Gasteiger partial charge is 0.293 e. The number of hydrogen-bond donors (Lipinski definition) is 0. The third-order valence-corrected chi connectivity index (χ3v) is 8.90. The first-order chi connectivity index (χ1) is 18.1. The molecule has 1 saturated carbocycles. The molecule has 6 heteroatoms. The molecule has 4 aromatic rings. The van der Waals surface area contributed by atoms with Crippen molar-refractivity contribution in [2.75, 3.05) is 5.75 Å². The summed E-state index contributed by atoms with van der Waals surface area (Å²) < 4.78 is 1.73. The van der Waals surface area contributed by atoms with E-state index in [9.17, 15) is 9.59 Å². The van der Waals surface area contributed by atoms with E-state index >= 15 is 0 Å². The van der Waals surface area contributed by atoms with Crippen LogP contribution in [0.4, 0.5) is 0 Å². The molecule has 2 aliphatic rings. The molecule has 0 unspecified atom stereocenters. The van der Waals surface area contributed by atoms with E-state index in [2.05, 4.69) is 18.2 Å². The van der Waals surface area contributed by atoms with Crippen molar-refractivity contribution in [1.82, 2.24) is 9.55 Å². The fourth-order valence-electron chi connectivity index (χ4n) is 5.94. The van der Waals surface area contributed by atoms with Gasteiger partial charge in [0.05, 0.1) is 22.7 Å². The molecular weight excluding hydrogens is 500 g/mol. The van der Waals surface area contributed by atoms with Gasteiger partial charge in [-0.05, 0) is 61.2 Å². The number of carbonyl (C=O) groups excluding carboxylic acids is 1. The second-order valence-corrected chi connectivity index (χ2v) is 11.4. The summed E-state index contributed by atoms with van der Waals surface area (Å²) in [5, 5.41) is 1.13. The predicted molar refractivity (Wildman–Crippen MR) is 150 cm³/mol. The quantitative estimate of drug-likeness (QED) is 0.156. The molecule has 4 nitrogen and oxygen atoms in total. The Balaban J connectivity index is 1.51. The number of ketones is 1. The van der Waals surface area contributed by atoms with Gasteiger partial charge in [0.25, 0.3) is 5.56 Å². The molecule has 186 valence electrons. The summed E-state index contributed by atoms with van der Waals surface area (Å²) in [6, 6.07) is 24.9. The summed E-state index contributed by atoms with van der Waals surface area (Å²) in [5.74, 6) is 0.143. The van der Waals surface area contributed by atoms with Gasteiger partial charge in [-0.25, -0.2) is 4.98 Å². The van der Waals surface area contributed by atoms with Gasteiger partial charge >= 0.3 is 0 Å². The first-order valence-corrected chi connectivity index (χ1v) is 14.1. The third-order valence-electron chi connectivity index (χ3n) is 7.71. The number of rotatable bonds is 5. The third kappa shape index (κ3) is 4.45. The monoisotopic (exact) mass is 526 g/mol. The molecule has 1 heterocycles. The van der Waals surface area contributed by atoms with Crippen LogP contribution in [0, 0.1) is 0 Å². The minimum atomic E-state index is -0.190. The minimum absolute atomic E-state index is 0.00551. The fourth-order valence-corrected chi connectivity index (χ4v) is 6.97. The summed E-state index contributed by atoms with van der Waals surface area (Å²) in [6.45, 7) is 0. The van der Waals surface area contributed by atoms with E-state index in [0.29, 0.717) is 15.7 Å². The first kappa shape index (κ1) is 24.2. The summed E-state index contributed by atoms with van der Waals surface area (Å²) in [7, 11) is 0. The second-order valence-electron chi connectivity index (χ2n) is 9.99. The van der Waals surface area contributed by atoms with Crippen molar-refractivity contribution in [1.29, 1.82) is 0 Å². The van der Waals surface area contributed by atoms with Crippen LogP contribution in [0.3, 0.4) is 0 Å². The molecule has 3 aromatic carbocycles. The van der Waals surface area contributed by atoms with E-state index in [1.54, 1.807) is 28.8 Å². The Bertz CT molecular complexity index is 1520. The Labute approximate surface area is 225 Å². The van der Waals surface area contributed by atoms with Crippen LogP contribution < -0.4 is 5.56 Å². The lowest BCUT2D eigenvalue weighted by Crippen LogP contribution is -2.42. The number of Topliss-reactive ketones (excluding diaryl/α,β-unsaturated/α-hetero) is 1. The molecule has 0 atom stereocenters. The van der Waals surface area contributed by atoms with E-state index in [4.69, 9.17) is 16.6 Å². The highest BCUT2D eigenvalue weighted by Crippen LogP contribution is 2.49. The van der Waals surface area contributed by atoms with Crippen LogP contribution in [-0.2, 0) is 11.8 Å². The Morgan fingerprint density at radius 3 is 2.38 bits per heavy atom. The number of nitrogens with zero attached hydrogens (tertiary/aromatic N) is 2. The van der Waals surface area contributed by atoms with Gasteiger partial charge in [-0.1, -0.05) is 85.1 Å². The zero-order valence-electron chi connectivity index (χ0n) is 20.5. The predicted octanol–water partition coefficient (Wildman–Crippen LogP) is 7.29. The number of halogens is 1. The Hall–Kier alpha value is -3.15. The second kappa shape index (κ2) is 9.96. The maximum atomic E-state index is 14.5. The number of hydrogen-bond acceptors (Lipinski definition) is 4. The summed E-state index contributed by atoms with van der Waals surface area (Å²) in [6.07, 6.45) is 6.34. The maximum absolute atomic E-state index is 14.5. The molecular formula is C31H27ClN2O2S. The standard InChI is InChI=1S/C31H27ClN2O2S/c32-23-15-13-21(14-16-23)26(35)20-37-30-33-28-25-12-6-5-9-22(25)19-31(17-7-2-8-18-31)27(28)29(36)34(30)24-10-3-1-4-11-24/h1,3-6,9-16H,2,7-8,17-20H2. The van der Waals surface area contributed by atoms with Crippen molar-refractivity contribution < 1.29 is 4.79 Å². The van der Waals surface area contributed by atoms with Crippen LogP contribution in [-0.4, -0.2) is 21.1 Å². The SMILES string of the molecule is O=C(CSc1nc2c(c(=O)n1-c1ccccc1)C1(CCCCC1)Cc1ccccc1-2)c1ccc(Cl)cc1. The minimum Gasteiger partial charge on any atom is -0.293 e. The lowest BCUT2D eigenvalue weighted by molar-refractivity contribution is 0.102. The maximum Gasteiger partial charge on any atom is 0.263 e. The van der Waals surface area contributed by atoms with Crippen LogP contribution >= 0.6 is 23.4 Å². The molecule has 6 rings (SSSR count). The van der Waals surface area contributed by atoms with Crippen molar-refractivity contribution in [3.8, 4) is 16.9 Å².